The molecule has 0 aliphatic carbocycles. The number of nitrogens with one attached hydrogen (secondary N) is 1. The van der Waals surface area contributed by atoms with E-state index in [9.17, 15) is 14.3 Å². The third-order valence-corrected chi connectivity index (χ3v) is 3.12. The number of carbonyl (C=O) groups excluding carboxylic acids is 1. The molecule has 5 heteroatoms. The summed E-state index contributed by atoms with van der Waals surface area (Å²) in [6.45, 7) is 0.421. The summed E-state index contributed by atoms with van der Waals surface area (Å²) in [5.74, 6) is -0.126. The van der Waals surface area contributed by atoms with E-state index in [0.29, 0.717) is 18.7 Å². The van der Waals surface area contributed by atoms with Gasteiger partial charge in [0, 0.05) is 19.3 Å². The van der Waals surface area contributed by atoms with E-state index in [0.717, 1.165) is 5.56 Å². The van der Waals surface area contributed by atoms with Crippen molar-refractivity contribution in [3.8, 4) is 5.75 Å². The number of halogens is 1. The molecule has 0 saturated heterocycles. The van der Waals surface area contributed by atoms with Gasteiger partial charge in [-0.05, 0) is 48.4 Å². The van der Waals surface area contributed by atoms with Crippen LogP contribution < -0.4 is 10.2 Å². The molecule has 4 nitrogen and oxygen atoms in total. The molecule has 21 heavy (non-hydrogen) atoms. The molecular formula is C16H17FN2O2. The second-order valence-electron chi connectivity index (χ2n) is 4.69. The Morgan fingerprint density at radius 1 is 1.24 bits per heavy atom. The van der Waals surface area contributed by atoms with Crippen LogP contribution in [0.4, 0.5) is 14.9 Å². The molecule has 0 heterocycles. The number of hydrogen-bond donors (Lipinski definition) is 2. The fourth-order valence-corrected chi connectivity index (χ4v) is 1.92. The normalized spacial score (nSPS) is 10.2. The van der Waals surface area contributed by atoms with Gasteiger partial charge in [-0.2, -0.15) is 0 Å². The van der Waals surface area contributed by atoms with Gasteiger partial charge in [-0.15, -0.1) is 0 Å². The second kappa shape index (κ2) is 6.74. The number of benzene rings is 2. The largest absolute Gasteiger partial charge is 0.508 e. The Morgan fingerprint density at radius 3 is 2.62 bits per heavy atom. The minimum atomic E-state index is -0.278. The molecular weight excluding hydrogens is 271 g/mol. The van der Waals surface area contributed by atoms with Crippen LogP contribution >= 0.6 is 0 Å². The van der Waals surface area contributed by atoms with Crippen LogP contribution in [0, 0.1) is 5.82 Å². The van der Waals surface area contributed by atoms with Gasteiger partial charge in [-0.1, -0.05) is 12.1 Å². The number of phenols is 1. The molecule has 2 aromatic carbocycles. The van der Waals surface area contributed by atoms with Gasteiger partial charge in [0.1, 0.15) is 11.6 Å². The summed E-state index contributed by atoms with van der Waals surface area (Å²) in [5, 5.41) is 12.0. The minimum Gasteiger partial charge on any atom is -0.508 e. The van der Waals surface area contributed by atoms with E-state index in [1.807, 2.05) is 6.07 Å². The topological polar surface area (TPSA) is 52.6 Å². The monoisotopic (exact) mass is 288 g/mol. The zero-order valence-corrected chi connectivity index (χ0v) is 11.7. The van der Waals surface area contributed by atoms with Gasteiger partial charge in [-0.25, -0.2) is 9.18 Å². The number of aromatic hydroxyl groups is 1. The molecule has 2 aromatic rings. The highest BCUT2D eigenvalue weighted by atomic mass is 19.1. The van der Waals surface area contributed by atoms with E-state index < -0.39 is 0 Å². The summed E-state index contributed by atoms with van der Waals surface area (Å²) in [6.07, 6.45) is 0.562. The van der Waals surface area contributed by atoms with Gasteiger partial charge < -0.3 is 10.4 Å². The van der Waals surface area contributed by atoms with Crippen LogP contribution in [0.15, 0.2) is 48.5 Å². The third-order valence-electron chi connectivity index (χ3n) is 3.12. The van der Waals surface area contributed by atoms with Crippen LogP contribution in [0.3, 0.4) is 0 Å². The van der Waals surface area contributed by atoms with Crippen molar-refractivity contribution >= 4 is 11.7 Å². The van der Waals surface area contributed by atoms with Crippen molar-refractivity contribution in [3.05, 3.63) is 59.9 Å². The highest BCUT2D eigenvalue weighted by Gasteiger charge is 2.09. The molecule has 2 N–H and O–H groups in total. The van der Waals surface area contributed by atoms with Crippen molar-refractivity contribution in [1.29, 1.82) is 0 Å². The molecule has 0 aliphatic heterocycles. The van der Waals surface area contributed by atoms with Crippen LogP contribution in [-0.4, -0.2) is 24.7 Å². The van der Waals surface area contributed by atoms with E-state index in [-0.39, 0.29) is 17.6 Å². The van der Waals surface area contributed by atoms with Crippen molar-refractivity contribution in [3.63, 3.8) is 0 Å². The van der Waals surface area contributed by atoms with Gasteiger partial charge in [0.25, 0.3) is 0 Å². The Kier molecular flexibility index (Phi) is 4.77. The SMILES string of the molecule is CN(C(=O)NCCc1cccc(F)c1)c1ccc(O)cc1. The molecule has 110 valence electrons. The van der Waals surface area contributed by atoms with E-state index in [4.69, 9.17) is 0 Å². The Morgan fingerprint density at radius 2 is 1.95 bits per heavy atom. The van der Waals surface area contributed by atoms with Gasteiger partial charge in [0.15, 0.2) is 0 Å². The Hall–Kier alpha value is -2.56. The fourth-order valence-electron chi connectivity index (χ4n) is 1.92. The Labute approximate surface area is 122 Å². The summed E-state index contributed by atoms with van der Waals surface area (Å²) in [5.41, 5.74) is 1.51. The van der Waals surface area contributed by atoms with E-state index >= 15 is 0 Å². The standard InChI is InChI=1S/C16H17FN2O2/c1-19(14-5-7-15(20)8-6-14)16(21)18-10-9-12-3-2-4-13(17)11-12/h2-8,11,20H,9-10H2,1H3,(H,18,21). The summed E-state index contributed by atoms with van der Waals surface area (Å²) >= 11 is 0. The fraction of sp³-hybridized carbons (Fsp3) is 0.188. The van der Waals surface area contributed by atoms with Crippen LogP contribution in [0.2, 0.25) is 0 Å². The maximum absolute atomic E-state index is 13.0. The summed E-state index contributed by atoms with van der Waals surface area (Å²) < 4.78 is 13.0. The molecule has 0 unspecified atom stereocenters. The highest BCUT2D eigenvalue weighted by molar-refractivity contribution is 5.91. The number of phenolic OH excluding ortho intramolecular Hbond substituents is 1. The molecule has 0 radical (unpaired) electrons. The average molecular weight is 288 g/mol. The summed E-state index contributed by atoms with van der Waals surface area (Å²) in [4.78, 5) is 13.4. The van der Waals surface area contributed by atoms with Gasteiger partial charge >= 0.3 is 6.03 Å². The smallest absolute Gasteiger partial charge is 0.321 e. The maximum atomic E-state index is 13.0. The number of rotatable bonds is 4. The maximum Gasteiger partial charge on any atom is 0.321 e. The van der Waals surface area contributed by atoms with Crippen molar-refractivity contribution in [1.82, 2.24) is 5.32 Å². The number of urea groups is 1. The number of nitrogens with zero attached hydrogens (tertiary/aromatic N) is 1. The first-order chi connectivity index (χ1) is 10.1. The Balaban J connectivity index is 1.85. The van der Waals surface area contributed by atoms with Gasteiger partial charge in [0.2, 0.25) is 0 Å². The lowest BCUT2D eigenvalue weighted by atomic mass is 10.1. The first kappa shape index (κ1) is 14.8. The molecule has 0 saturated carbocycles. The molecule has 0 atom stereocenters. The number of carbonyl (C=O) groups is 1. The lowest BCUT2D eigenvalue weighted by Crippen LogP contribution is -2.38. The zero-order chi connectivity index (χ0) is 15.2. The first-order valence-corrected chi connectivity index (χ1v) is 6.61. The molecule has 0 fully saturated rings. The molecule has 0 bridgehead atoms. The predicted molar refractivity (Wildman–Crippen MR) is 80.0 cm³/mol. The van der Waals surface area contributed by atoms with E-state index in [1.165, 1.54) is 29.2 Å². The summed E-state index contributed by atoms with van der Waals surface area (Å²) in [7, 11) is 1.64. The highest BCUT2D eigenvalue weighted by Crippen LogP contribution is 2.17. The zero-order valence-electron chi connectivity index (χ0n) is 11.7. The minimum absolute atomic E-state index is 0.152. The van der Waals surface area contributed by atoms with E-state index in [1.54, 1.807) is 25.2 Å². The predicted octanol–water partition coefficient (Wildman–Crippen LogP) is 2.92. The second-order valence-corrected chi connectivity index (χ2v) is 4.69. The quantitative estimate of drug-likeness (QED) is 0.909. The third kappa shape index (κ3) is 4.21. The lowest BCUT2D eigenvalue weighted by Gasteiger charge is -2.18. The Bertz CT molecular complexity index is 614. The number of amides is 2. The van der Waals surface area contributed by atoms with Crippen LogP contribution in [-0.2, 0) is 6.42 Å². The van der Waals surface area contributed by atoms with Crippen LogP contribution in [0.1, 0.15) is 5.56 Å². The van der Waals surface area contributed by atoms with Crippen LogP contribution in [0.5, 0.6) is 5.75 Å². The van der Waals surface area contributed by atoms with E-state index in [2.05, 4.69) is 5.32 Å². The van der Waals surface area contributed by atoms with Gasteiger partial charge in [0.05, 0.1) is 0 Å². The molecule has 0 spiro atoms. The molecule has 2 rings (SSSR count). The van der Waals surface area contributed by atoms with Crippen molar-refractivity contribution in [2.45, 2.75) is 6.42 Å². The van der Waals surface area contributed by atoms with Gasteiger partial charge in [-0.3, -0.25) is 4.90 Å². The molecule has 2 amide bonds. The molecule has 0 aliphatic rings. The number of hydrogen-bond acceptors (Lipinski definition) is 2. The summed E-state index contributed by atoms with van der Waals surface area (Å²) in [6, 6.07) is 12.4. The van der Waals surface area contributed by atoms with Crippen molar-refractivity contribution in [2.75, 3.05) is 18.5 Å². The van der Waals surface area contributed by atoms with Crippen molar-refractivity contribution in [2.24, 2.45) is 0 Å². The van der Waals surface area contributed by atoms with Crippen molar-refractivity contribution < 1.29 is 14.3 Å². The lowest BCUT2D eigenvalue weighted by molar-refractivity contribution is 0.247. The average Bonchev–Trinajstić information content (AvgIpc) is 2.47. The van der Waals surface area contributed by atoms with Crippen LogP contribution in [0.25, 0.3) is 0 Å². The molecule has 0 aromatic heterocycles. The first-order valence-electron chi connectivity index (χ1n) is 6.61. The number of anilines is 1.